The number of nitrogens with zero attached hydrogens (tertiary/aromatic N) is 4. The third kappa shape index (κ3) is 3.36. The van der Waals surface area contributed by atoms with Crippen LogP contribution in [0.15, 0.2) is 41.8 Å². The van der Waals surface area contributed by atoms with Crippen molar-refractivity contribution in [2.24, 2.45) is 7.05 Å². The maximum Gasteiger partial charge on any atom is 0.274 e. The first-order valence-corrected chi connectivity index (χ1v) is 9.67. The Balaban J connectivity index is 1.81. The van der Waals surface area contributed by atoms with Crippen molar-refractivity contribution in [3.63, 3.8) is 0 Å². The van der Waals surface area contributed by atoms with Gasteiger partial charge in [0.25, 0.3) is 11.6 Å². The lowest BCUT2D eigenvalue weighted by Crippen LogP contribution is -2.13. The molecule has 0 radical (unpaired) electrons. The van der Waals surface area contributed by atoms with Gasteiger partial charge < -0.3 is 5.32 Å². The average molecular weight is 407 g/mol. The minimum Gasteiger partial charge on any atom is -0.322 e. The molecule has 1 aromatic carbocycles. The number of nitro groups is 1. The summed E-state index contributed by atoms with van der Waals surface area (Å²) in [7, 11) is 1.78. The van der Waals surface area contributed by atoms with Crippen LogP contribution in [0, 0.1) is 24.0 Å². The Morgan fingerprint density at radius 3 is 2.72 bits per heavy atom. The van der Waals surface area contributed by atoms with Crippen LogP contribution in [0.2, 0.25) is 0 Å². The molecule has 0 spiro atoms. The highest BCUT2D eigenvalue weighted by molar-refractivity contribution is 7.13. The second-order valence-corrected chi connectivity index (χ2v) is 7.60. The van der Waals surface area contributed by atoms with Crippen molar-refractivity contribution < 1.29 is 9.72 Å². The molecule has 0 atom stereocenters. The largest absolute Gasteiger partial charge is 0.322 e. The zero-order chi connectivity index (χ0) is 20.7. The van der Waals surface area contributed by atoms with Crippen LogP contribution in [0.25, 0.3) is 21.6 Å². The number of benzene rings is 1. The highest BCUT2D eigenvalue weighted by Gasteiger charge is 2.20. The van der Waals surface area contributed by atoms with Crippen LogP contribution in [0.3, 0.4) is 0 Å². The Hall–Kier alpha value is -3.59. The Bertz CT molecular complexity index is 1260. The lowest BCUT2D eigenvalue weighted by molar-refractivity contribution is -0.385. The van der Waals surface area contributed by atoms with E-state index in [1.165, 1.54) is 17.4 Å². The molecule has 9 heteroatoms. The fourth-order valence-electron chi connectivity index (χ4n) is 3.26. The fraction of sp³-hybridized carbons (Fsp3) is 0.150. The summed E-state index contributed by atoms with van der Waals surface area (Å²) in [6.07, 6.45) is 0. The number of anilines is 1. The van der Waals surface area contributed by atoms with Crippen molar-refractivity contribution in [2.45, 2.75) is 13.8 Å². The molecule has 0 fully saturated rings. The third-order valence-corrected chi connectivity index (χ3v) is 5.54. The van der Waals surface area contributed by atoms with Crippen molar-refractivity contribution in [1.29, 1.82) is 0 Å². The molecule has 0 saturated carbocycles. The van der Waals surface area contributed by atoms with Gasteiger partial charge in [0, 0.05) is 24.4 Å². The molecule has 3 aromatic heterocycles. The predicted molar refractivity (Wildman–Crippen MR) is 112 cm³/mol. The van der Waals surface area contributed by atoms with Gasteiger partial charge in [-0.25, -0.2) is 4.98 Å². The Labute approximate surface area is 170 Å². The van der Waals surface area contributed by atoms with Gasteiger partial charge in [0.1, 0.15) is 0 Å². The number of pyridine rings is 1. The van der Waals surface area contributed by atoms with Crippen LogP contribution >= 0.6 is 11.3 Å². The van der Waals surface area contributed by atoms with Crippen LogP contribution in [-0.2, 0) is 7.05 Å². The summed E-state index contributed by atoms with van der Waals surface area (Å²) in [6.45, 7) is 3.48. The molecule has 0 saturated heterocycles. The Morgan fingerprint density at radius 1 is 1.24 bits per heavy atom. The van der Waals surface area contributed by atoms with Crippen molar-refractivity contribution >= 4 is 39.7 Å². The van der Waals surface area contributed by atoms with Crippen LogP contribution in [0.4, 0.5) is 11.4 Å². The molecule has 3 heterocycles. The number of aryl methyl sites for hydroxylation is 3. The van der Waals surface area contributed by atoms with E-state index in [0.717, 1.165) is 4.88 Å². The van der Waals surface area contributed by atoms with Crippen LogP contribution < -0.4 is 5.32 Å². The van der Waals surface area contributed by atoms with E-state index in [2.05, 4.69) is 15.4 Å². The van der Waals surface area contributed by atoms with Gasteiger partial charge in [0.2, 0.25) is 0 Å². The number of amides is 1. The topological polar surface area (TPSA) is 103 Å². The predicted octanol–water partition coefficient (Wildman–Crippen LogP) is 4.47. The highest BCUT2D eigenvalue weighted by Crippen LogP contribution is 2.30. The van der Waals surface area contributed by atoms with E-state index in [0.29, 0.717) is 39.2 Å². The number of rotatable bonds is 4. The molecule has 0 bridgehead atoms. The molecule has 0 aliphatic heterocycles. The first kappa shape index (κ1) is 18.8. The molecule has 0 aliphatic rings. The molecule has 8 nitrogen and oxygen atoms in total. The van der Waals surface area contributed by atoms with Gasteiger partial charge in [-0.2, -0.15) is 5.10 Å². The third-order valence-electron chi connectivity index (χ3n) is 4.65. The second-order valence-electron chi connectivity index (χ2n) is 6.65. The van der Waals surface area contributed by atoms with Gasteiger partial charge in [-0.15, -0.1) is 11.3 Å². The summed E-state index contributed by atoms with van der Waals surface area (Å²) in [5.41, 5.74) is 3.24. The van der Waals surface area contributed by atoms with Gasteiger partial charge in [0.15, 0.2) is 5.65 Å². The molecule has 29 heavy (non-hydrogen) atoms. The van der Waals surface area contributed by atoms with Crippen molar-refractivity contribution in [2.75, 3.05) is 5.32 Å². The molecule has 146 valence electrons. The zero-order valence-electron chi connectivity index (χ0n) is 16.0. The van der Waals surface area contributed by atoms with Gasteiger partial charge >= 0.3 is 0 Å². The number of fused-ring (bicyclic) bond motifs is 1. The minimum absolute atomic E-state index is 0.0421. The van der Waals surface area contributed by atoms with E-state index >= 15 is 0 Å². The van der Waals surface area contributed by atoms with E-state index in [4.69, 9.17) is 0 Å². The molecule has 0 aliphatic carbocycles. The quantitative estimate of drug-likeness (QED) is 0.397. The fourth-order valence-corrected chi connectivity index (χ4v) is 3.94. The number of carbonyl (C=O) groups excluding carboxylic acids is 1. The lowest BCUT2D eigenvalue weighted by atomic mass is 10.1. The number of hydrogen-bond acceptors (Lipinski definition) is 6. The summed E-state index contributed by atoms with van der Waals surface area (Å²) in [4.78, 5) is 29.5. The number of nitro benzene ring substituents is 1. The van der Waals surface area contributed by atoms with Crippen molar-refractivity contribution in [1.82, 2.24) is 14.8 Å². The van der Waals surface area contributed by atoms with Gasteiger partial charge in [-0.3, -0.25) is 19.6 Å². The number of hydrogen-bond donors (Lipinski definition) is 1. The van der Waals surface area contributed by atoms with Gasteiger partial charge in [-0.1, -0.05) is 12.1 Å². The van der Waals surface area contributed by atoms with Gasteiger partial charge in [0.05, 0.1) is 32.1 Å². The van der Waals surface area contributed by atoms with Crippen LogP contribution in [0.1, 0.15) is 21.6 Å². The maximum absolute atomic E-state index is 13.1. The van der Waals surface area contributed by atoms with E-state index in [-0.39, 0.29) is 11.6 Å². The SMILES string of the molecule is Cc1ccc(NC(=O)c2cc(-c3cccs3)nc3c2c(C)nn3C)cc1[N+](=O)[O-]. The van der Waals surface area contributed by atoms with E-state index in [1.807, 2.05) is 24.4 Å². The van der Waals surface area contributed by atoms with Crippen molar-refractivity contribution in [3.8, 4) is 10.6 Å². The minimum atomic E-state index is -0.463. The summed E-state index contributed by atoms with van der Waals surface area (Å²) >= 11 is 1.53. The van der Waals surface area contributed by atoms with E-state index < -0.39 is 4.92 Å². The summed E-state index contributed by atoms with van der Waals surface area (Å²) in [5.74, 6) is -0.371. The van der Waals surface area contributed by atoms with Crippen molar-refractivity contribution in [3.05, 3.63) is 68.7 Å². The molecule has 4 rings (SSSR count). The van der Waals surface area contributed by atoms with Crippen LogP contribution in [-0.4, -0.2) is 25.6 Å². The van der Waals surface area contributed by atoms with Crippen LogP contribution in [0.5, 0.6) is 0 Å². The number of nitrogens with one attached hydrogen (secondary N) is 1. The summed E-state index contributed by atoms with van der Waals surface area (Å²) in [5, 5.41) is 21.0. The first-order valence-electron chi connectivity index (χ1n) is 8.80. The van der Waals surface area contributed by atoms with E-state index in [1.54, 1.807) is 36.9 Å². The monoisotopic (exact) mass is 407 g/mol. The number of aromatic nitrogens is 3. The molecular formula is C20H17N5O3S. The van der Waals surface area contributed by atoms with Gasteiger partial charge in [-0.05, 0) is 37.4 Å². The summed E-state index contributed by atoms with van der Waals surface area (Å²) < 4.78 is 1.65. The number of carbonyl (C=O) groups is 1. The zero-order valence-corrected chi connectivity index (χ0v) is 16.8. The first-order chi connectivity index (χ1) is 13.8. The smallest absolute Gasteiger partial charge is 0.274 e. The number of thiophene rings is 1. The molecule has 1 N–H and O–H groups in total. The lowest BCUT2D eigenvalue weighted by Gasteiger charge is -2.09. The average Bonchev–Trinajstić information content (AvgIpc) is 3.31. The highest BCUT2D eigenvalue weighted by atomic mass is 32.1. The maximum atomic E-state index is 13.1. The molecule has 4 aromatic rings. The second kappa shape index (κ2) is 7.10. The normalized spacial score (nSPS) is 11.0. The Kier molecular flexibility index (Phi) is 4.59. The summed E-state index contributed by atoms with van der Waals surface area (Å²) in [6, 6.07) is 10.2. The van der Waals surface area contributed by atoms with E-state index in [9.17, 15) is 14.9 Å². The molecule has 1 amide bonds. The molecular weight excluding hydrogens is 390 g/mol. The standard InChI is InChI=1S/C20H17N5O3S/c1-11-6-7-13(9-16(11)25(27)28)21-20(26)14-10-15(17-5-4-8-29-17)22-19-18(14)12(2)23-24(19)3/h4-10H,1-3H3,(H,21,26). The Morgan fingerprint density at radius 2 is 2.03 bits per heavy atom. The molecule has 0 unspecified atom stereocenters.